The van der Waals surface area contributed by atoms with Crippen molar-refractivity contribution in [1.29, 1.82) is 0 Å². The predicted molar refractivity (Wildman–Crippen MR) is 80.4 cm³/mol. The molecule has 21 heavy (non-hydrogen) atoms. The van der Waals surface area contributed by atoms with Crippen molar-refractivity contribution in [2.45, 2.75) is 25.9 Å². The molecule has 1 aliphatic heterocycles. The Balaban J connectivity index is 1.53. The molecule has 6 heteroatoms. The first kappa shape index (κ1) is 14.0. The minimum absolute atomic E-state index is 0.00781. The highest BCUT2D eigenvalue weighted by molar-refractivity contribution is 7.07. The summed E-state index contributed by atoms with van der Waals surface area (Å²) in [5.41, 5.74) is 1.94. The number of carbonyl (C=O) groups is 1. The second kappa shape index (κ2) is 6.22. The Bertz CT molecular complexity index is 598. The molecule has 0 N–H and O–H groups in total. The number of ether oxygens (including phenoxy) is 1. The van der Waals surface area contributed by atoms with Gasteiger partial charge in [0, 0.05) is 19.0 Å². The first-order valence-corrected chi connectivity index (χ1v) is 7.91. The summed E-state index contributed by atoms with van der Waals surface area (Å²) in [4.78, 5) is 14.1. The van der Waals surface area contributed by atoms with Gasteiger partial charge in [-0.25, -0.2) is 0 Å². The van der Waals surface area contributed by atoms with Crippen LogP contribution in [-0.2, 0) is 11.2 Å². The molecule has 0 radical (unpaired) electrons. The third kappa shape index (κ3) is 3.58. The van der Waals surface area contributed by atoms with Gasteiger partial charge in [0.2, 0.25) is 11.8 Å². The summed E-state index contributed by atoms with van der Waals surface area (Å²) in [6, 6.07) is 5.68. The number of hydrogen-bond acceptors (Lipinski definition) is 5. The molecule has 1 atom stereocenters. The zero-order valence-electron chi connectivity index (χ0n) is 11.9. The van der Waals surface area contributed by atoms with Gasteiger partial charge in [0.05, 0.1) is 18.7 Å². The van der Waals surface area contributed by atoms with Gasteiger partial charge in [-0.2, -0.15) is 16.4 Å². The number of aromatic nitrogens is 2. The summed E-state index contributed by atoms with van der Waals surface area (Å²) in [6.07, 6.45) is 1.32. The van der Waals surface area contributed by atoms with Gasteiger partial charge >= 0.3 is 0 Å². The number of hydrogen-bond donors (Lipinski definition) is 0. The second-order valence-electron chi connectivity index (χ2n) is 5.19. The van der Waals surface area contributed by atoms with E-state index in [0.717, 1.165) is 24.2 Å². The third-order valence-corrected chi connectivity index (χ3v) is 4.23. The third-order valence-electron chi connectivity index (χ3n) is 3.49. The monoisotopic (exact) mass is 303 g/mol. The molecule has 1 saturated heterocycles. The van der Waals surface area contributed by atoms with Crippen LogP contribution in [0.5, 0.6) is 5.88 Å². The number of carbonyl (C=O) groups excluding carboxylic acids is 1. The average Bonchev–Trinajstić information content (AvgIpc) is 3.13. The van der Waals surface area contributed by atoms with Crippen LogP contribution in [0, 0.1) is 6.92 Å². The van der Waals surface area contributed by atoms with Gasteiger partial charge in [-0.15, -0.1) is 5.10 Å². The van der Waals surface area contributed by atoms with E-state index in [9.17, 15) is 4.79 Å². The van der Waals surface area contributed by atoms with Crippen LogP contribution < -0.4 is 4.74 Å². The van der Waals surface area contributed by atoms with Gasteiger partial charge < -0.3 is 9.64 Å². The molecule has 1 fully saturated rings. The van der Waals surface area contributed by atoms with Crippen molar-refractivity contribution in [2.75, 3.05) is 13.1 Å². The van der Waals surface area contributed by atoms with Gasteiger partial charge in [-0.3, -0.25) is 4.79 Å². The molecule has 1 aliphatic rings. The van der Waals surface area contributed by atoms with E-state index in [1.807, 2.05) is 40.8 Å². The maximum Gasteiger partial charge on any atom is 0.233 e. The van der Waals surface area contributed by atoms with Crippen LogP contribution in [0.4, 0.5) is 0 Å². The predicted octanol–water partition coefficient (Wildman–Crippen LogP) is 2.07. The highest BCUT2D eigenvalue weighted by Crippen LogP contribution is 2.17. The molecule has 3 heterocycles. The standard InChI is InChI=1S/C15H17N3O2S/c1-11-2-3-14(17-16-11)20-13-4-6-18(9-13)15(19)8-12-5-7-21-10-12/h2-3,5,7,10,13H,4,6,8-9H2,1H3/t13-/m1/s1. The lowest BCUT2D eigenvalue weighted by Crippen LogP contribution is -2.32. The van der Waals surface area contributed by atoms with Crippen LogP contribution in [-0.4, -0.2) is 40.2 Å². The number of likely N-dealkylation sites (tertiary alicyclic amines) is 1. The second-order valence-corrected chi connectivity index (χ2v) is 5.97. The SMILES string of the molecule is Cc1ccc(O[C@@H]2CCN(C(=O)Cc3ccsc3)C2)nn1. The van der Waals surface area contributed by atoms with E-state index in [4.69, 9.17) is 4.74 Å². The molecule has 110 valence electrons. The van der Waals surface area contributed by atoms with Gasteiger partial charge in [0.15, 0.2) is 0 Å². The molecule has 0 saturated carbocycles. The van der Waals surface area contributed by atoms with Crippen molar-refractivity contribution in [3.05, 3.63) is 40.2 Å². The minimum Gasteiger partial charge on any atom is -0.471 e. The zero-order chi connectivity index (χ0) is 14.7. The van der Waals surface area contributed by atoms with Crippen LogP contribution >= 0.6 is 11.3 Å². The first-order valence-electron chi connectivity index (χ1n) is 6.96. The van der Waals surface area contributed by atoms with Gasteiger partial charge in [-0.1, -0.05) is 0 Å². The molecule has 0 bridgehead atoms. The van der Waals surface area contributed by atoms with Gasteiger partial charge in [-0.05, 0) is 35.4 Å². The van der Waals surface area contributed by atoms with E-state index >= 15 is 0 Å². The molecular weight excluding hydrogens is 286 g/mol. The van der Waals surface area contributed by atoms with E-state index in [0.29, 0.717) is 18.8 Å². The van der Waals surface area contributed by atoms with Gasteiger partial charge in [0.1, 0.15) is 6.10 Å². The number of thiophene rings is 1. The lowest BCUT2D eigenvalue weighted by molar-refractivity contribution is -0.129. The van der Waals surface area contributed by atoms with Crippen LogP contribution in [0.2, 0.25) is 0 Å². The summed E-state index contributed by atoms with van der Waals surface area (Å²) < 4.78 is 5.78. The molecule has 1 amide bonds. The molecule has 0 spiro atoms. The van der Waals surface area contributed by atoms with Crippen molar-refractivity contribution >= 4 is 17.2 Å². The Hall–Kier alpha value is -1.95. The number of nitrogens with zero attached hydrogens (tertiary/aromatic N) is 3. The highest BCUT2D eigenvalue weighted by atomic mass is 32.1. The number of amides is 1. The summed E-state index contributed by atoms with van der Waals surface area (Å²) in [7, 11) is 0. The lowest BCUT2D eigenvalue weighted by Gasteiger charge is -2.16. The van der Waals surface area contributed by atoms with E-state index in [1.54, 1.807) is 11.3 Å². The first-order chi connectivity index (χ1) is 10.2. The maximum absolute atomic E-state index is 12.2. The van der Waals surface area contributed by atoms with E-state index in [-0.39, 0.29) is 12.0 Å². The Kier molecular flexibility index (Phi) is 4.15. The largest absolute Gasteiger partial charge is 0.471 e. The molecule has 2 aromatic heterocycles. The van der Waals surface area contributed by atoms with E-state index in [1.165, 1.54) is 0 Å². The van der Waals surface area contributed by atoms with Crippen LogP contribution in [0.3, 0.4) is 0 Å². The van der Waals surface area contributed by atoms with E-state index < -0.39 is 0 Å². The Labute approximate surface area is 127 Å². The smallest absolute Gasteiger partial charge is 0.233 e. The fourth-order valence-electron chi connectivity index (χ4n) is 2.35. The Morgan fingerprint density at radius 3 is 3.05 bits per heavy atom. The van der Waals surface area contributed by atoms with Crippen molar-refractivity contribution in [2.24, 2.45) is 0 Å². The Morgan fingerprint density at radius 2 is 2.33 bits per heavy atom. The van der Waals surface area contributed by atoms with Crippen molar-refractivity contribution in [1.82, 2.24) is 15.1 Å². The average molecular weight is 303 g/mol. The quantitative estimate of drug-likeness (QED) is 0.867. The fourth-order valence-corrected chi connectivity index (χ4v) is 3.02. The molecular formula is C15H17N3O2S. The van der Waals surface area contributed by atoms with Crippen molar-refractivity contribution in [3.63, 3.8) is 0 Å². The summed E-state index contributed by atoms with van der Waals surface area (Å²) in [6.45, 7) is 3.25. The minimum atomic E-state index is 0.00781. The maximum atomic E-state index is 12.2. The summed E-state index contributed by atoms with van der Waals surface area (Å²) >= 11 is 1.62. The van der Waals surface area contributed by atoms with Crippen molar-refractivity contribution < 1.29 is 9.53 Å². The number of aryl methyl sites for hydroxylation is 1. The molecule has 0 aromatic carbocycles. The zero-order valence-corrected chi connectivity index (χ0v) is 12.7. The summed E-state index contributed by atoms with van der Waals surface area (Å²) in [5.74, 6) is 0.687. The number of rotatable bonds is 4. The van der Waals surface area contributed by atoms with Crippen molar-refractivity contribution in [3.8, 4) is 5.88 Å². The van der Waals surface area contributed by atoms with E-state index in [2.05, 4.69) is 10.2 Å². The molecule has 3 rings (SSSR count). The van der Waals surface area contributed by atoms with Crippen LogP contribution in [0.1, 0.15) is 17.7 Å². The normalized spacial score (nSPS) is 18.0. The topological polar surface area (TPSA) is 55.3 Å². The molecule has 0 aliphatic carbocycles. The van der Waals surface area contributed by atoms with Crippen LogP contribution in [0.15, 0.2) is 29.0 Å². The van der Waals surface area contributed by atoms with Crippen LogP contribution in [0.25, 0.3) is 0 Å². The molecule has 2 aromatic rings. The fraction of sp³-hybridized carbons (Fsp3) is 0.400. The lowest BCUT2D eigenvalue weighted by atomic mass is 10.2. The molecule has 5 nitrogen and oxygen atoms in total. The highest BCUT2D eigenvalue weighted by Gasteiger charge is 2.27. The molecule has 0 unspecified atom stereocenters. The van der Waals surface area contributed by atoms with Gasteiger partial charge in [0.25, 0.3) is 0 Å². The Morgan fingerprint density at radius 1 is 1.43 bits per heavy atom. The summed E-state index contributed by atoms with van der Waals surface area (Å²) in [5, 5.41) is 12.0.